The van der Waals surface area contributed by atoms with Crippen LogP contribution in [0.25, 0.3) is 11.2 Å². The number of likely N-dealkylation sites (tertiary alicyclic amines) is 1. The van der Waals surface area contributed by atoms with Gasteiger partial charge in [-0.1, -0.05) is 29.3 Å². The Balaban J connectivity index is 1.27. The summed E-state index contributed by atoms with van der Waals surface area (Å²) in [6.07, 6.45) is 5.25. The summed E-state index contributed by atoms with van der Waals surface area (Å²) in [7, 11) is 0. The standard InChI is InChI=1S/C26H32Cl2N6O2/c1-16-25-26(34(31-16)17(2)21-8-7-20(27)11-22(21)28)30-23(12-29-25)33-14-19(15-33)18-5-3-9-32(13-18)10-4-6-24(35)36/h7-8,11-12,17-19H,3-6,9-10,13-15H2,1-2H3,(H,35,36)/t17?,18-/m1/s1. The molecule has 192 valence electrons. The monoisotopic (exact) mass is 530 g/mol. The molecule has 0 bridgehead atoms. The smallest absolute Gasteiger partial charge is 0.303 e. The number of fused-ring (bicyclic) bond motifs is 1. The number of hydrogen-bond donors (Lipinski definition) is 1. The zero-order chi connectivity index (χ0) is 25.4. The molecule has 2 aliphatic heterocycles. The molecule has 3 aromatic rings. The van der Waals surface area contributed by atoms with Crippen molar-refractivity contribution in [2.75, 3.05) is 37.6 Å². The maximum atomic E-state index is 10.8. The largest absolute Gasteiger partial charge is 0.481 e. The van der Waals surface area contributed by atoms with Crippen molar-refractivity contribution < 1.29 is 9.90 Å². The van der Waals surface area contributed by atoms with E-state index in [2.05, 4.69) is 16.7 Å². The fourth-order valence-electron chi connectivity index (χ4n) is 5.57. The molecule has 5 rings (SSSR count). The van der Waals surface area contributed by atoms with Crippen molar-refractivity contribution >= 4 is 46.2 Å². The van der Waals surface area contributed by atoms with Crippen LogP contribution in [0.15, 0.2) is 24.4 Å². The van der Waals surface area contributed by atoms with Gasteiger partial charge in [-0.05, 0) is 75.7 Å². The van der Waals surface area contributed by atoms with E-state index in [0.717, 1.165) is 67.4 Å². The van der Waals surface area contributed by atoms with Crippen LogP contribution < -0.4 is 4.90 Å². The molecular weight excluding hydrogens is 499 g/mol. The number of aliphatic carboxylic acids is 1. The Bertz CT molecular complexity index is 1260. The van der Waals surface area contributed by atoms with Crippen molar-refractivity contribution in [2.45, 2.75) is 45.6 Å². The molecule has 2 aliphatic rings. The predicted molar refractivity (Wildman–Crippen MR) is 142 cm³/mol. The minimum atomic E-state index is -0.710. The third-order valence-corrected chi connectivity index (χ3v) is 8.21. The van der Waals surface area contributed by atoms with Gasteiger partial charge in [0, 0.05) is 36.1 Å². The fraction of sp³-hybridized carbons (Fsp3) is 0.538. The number of piperidine rings is 1. The van der Waals surface area contributed by atoms with Gasteiger partial charge in [0.25, 0.3) is 0 Å². The Hall–Kier alpha value is -2.42. The Labute approximate surface area is 221 Å². The van der Waals surface area contributed by atoms with E-state index >= 15 is 0 Å². The van der Waals surface area contributed by atoms with Crippen LogP contribution in [0.4, 0.5) is 5.82 Å². The first-order valence-electron chi connectivity index (χ1n) is 12.7. The van der Waals surface area contributed by atoms with Crippen LogP contribution in [0.2, 0.25) is 10.0 Å². The van der Waals surface area contributed by atoms with Gasteiger partial charge in [-0.15, -0.1) is 0 Å². The molecule has 0 amide bonds. The first kappa shape index (κ1) is 25.2. The van der Waals surface area contributed by atoms with Crippen LogP contribution in [-0.2, 0) is 4.79 Å². The van der Waals surface area contributed by atoms with Crippen molar-refractivity contribution in [1.29, 1.82) is 0 Å². The Morgan fingerprint density at radius 1 is 1.22 bits per heavy atom. The summed E-state index contributed by atoms with van der Waals surface area (Å²) in [4.78, 5) is 25.3. The van der Waals surface area contributed by atoms with E-state index in [9.17, 15) is 4.79 Å². The second-order valence-electron chi connectivity index (χ2n) is 10.1. The zero-order valence-corrected chi connectivity index (χ0v) is 22.2. The normalized spacial score (nSPS) is 20.0. The van der Waals surface area contributed by atoms with E-state index in [4.69, 9.17) is 43.4 Å². The summed E-state index contributed by atoms with van der Waals surface area (Å²) in [5, 5.41) is 14.9. The maximum absolute atomic E-state index is 10.8. The summed E-state index contributed by atoms with van der Waals surface area (Å²) >= 11 is 12.6. The predicted octanol–water partition coefficient (Wildman–Crippen LogP) is 5.06. The number of benzene rings is 1. The number of nitrogens with zero attached hydrogens (tertiary/aromatic N) is 6. The molecule has 0 radical (unpaired) electrons. The summed E-state index contributed by atoms with van der Waals surface area (Å²) < 4.78 is 1.91. The average molecular weight is 531 g/mol. The number of aryl methyl sites for hydroxylation is 1. The lowest BCUT2D eigenvalue weighted by atomic mass is 9.80. The third-order valence-electron chi connectivity index (χ3n) is 7.65. The van der Waals surface area contributed by atoms with E-state index in [1.165, 1.54) is 12.8 Å². The highest BCUT2D eigenvalue weighted by Crippen LogP contribution is 2.35. The van der Waals surface area contributed by atoms with Crippen LogP contribution in [0, 0.1) is 18.8 Å². The van der Waals surface area contributed by atoms with Gasteiger partial charge < -0.3 is 14.9 Å². The van der Waals surface area contributed by atoms with Crippen LogP contribution in [0.3, 0.4) is 0 Å². The lowest BCUT2D eigenvalue weighted by Gasteiger charge is -2.47. The Morgan fingerprint density at radius 3 is 2.78 bits per heavy atom. The van der Waals surface area contributed by atoms with E-state index in [1.807, 2.05) is 29.9 Å². The molecule has 1 unspecified atom stereocenters. The molecule has 2 aromatic heterocycles. The summed E-state index contributed by atoms with van der Waals surface area (Å²) in [5.41, 5.74) is 3.34. The summed E-state index contributed by atoms with van der Waals surface area (Å²) in [6.45, 7) is 8.97. The SMILES string of the molecule is Cc1nn(C(C)c2ccc(Cl)cc2Cl)c2nc(N3CC([C@@H]4CCCN(CCCC(=O)O)C4)C3)cnc12. The van der Waals surface area contributed by atoms with Crippen molar-refractivity contribution in [3.8, 4) is 0 Å². The summed E-state index contributed by atoms with van der Waals surface area (Å²) in [6, 6.07) is 5.41. The van der Waals surface area contributed by atoms with Gasteiger partial charge in [0.2, 0.25) is 0 Å². The molecule has 8 nitrogen and oxygen atoms in total. The second-order valence-corrected chi connectivity index (χ2v) is 11.0. The van der Waals surface area contributed by atoms with Gasteiger partial charge in [0.15, 0.2) is 5.65 Å². The van der Waals surface area contributed by atoms with Crippen LogP contribution >= 0.6 is 23.2 Å². The Morgan fingerprint density at radius 2 is 2.03 bits per heavy atom. The molecule has 0 spiro atoms. The molecule has 10 heteroatoms. The van der Waals surface area contributed by atoms with Crippen molar-refractivity contribution in [3.05, 3.63) is 45.7 Å². The Kier molecular flexibility index (Phi) is 7.37. The van der Waals surface area contributed by atoms with Gasteiger partial charge in [0.1, 0.15) is 11.3 Å². The van der Waals surface area contributed by atoms with Crippen LogP contribution in [0.1, 0.15) is 49.9 Å². The van der Waals surface area contributed by atoms with Gasteiger partial charge >= 0.3 is 5.97 Å². The van der Waals surface area contributed by atoms with Gasteiger partial charge in [-0.2, -0.15) is 5.10 Å². The number of rotatable bonds is 8. The lowest BCUT2D eigenvalue weighted by molar-refractivity contribution is -0.137. The zero-order valence-electron chi connectivity index (χ0n) is 20.7. The number of hydrogen-bond acceptors (Lipinski definition) is 6. The molecule has 36 heavy (non-hydrogen) atoms. The van der Waals surface area contributed by atoms with Crippen LogP contribution in [0.5, 0.6) is 0 Å². The highest BCUT2D eigenvalue weighted by atomic mass is 35.5. The molecule has 4 heterocycles. The van der Waals surface area contributed by atoms with E-state index in [1.54, 1.807) is 6.07 Å². The van der Waals surface area contributed by atoms with Gasteiger partial charge in [0.05, 0.1) is 17.9 Å². The van der Waals surface area contributed by atoms with Crippen LogP contribution in [-0.4, -0.2) is 68.4 Å². The lowest BCUT2D eigenvalue weighted by Crippen LogP contribution is -2.54. The van der Waals surface area contributed by atoms with Crippen molar-refractivity contribution in [3.63, 3.8) is 0 Å². The van der Waals surface area contributed by atoms with E-state index in [0.29, 0.717) is 21.9 Å². The summed E-state index contributed by atoms with van der Waals surface area (Å²) in [5.74, 6) is 1.45. The highest BCUT2D eigenvalue weighted by molar-refractivity contribution is 6.35. The van der Waals surface area contributed by atoms with E-state index < -0.39 is 5.97 Å². The highest BCUT2D eigenvalue weighted by Gasteiger charge is 2.36. The number of carbonyl (C=O) groups is 1. The first-order valence-corrected chi connectivity index (χ1v) is 13.4. The molecule has 2 atom stereocenters. The number of halogens is 2. The van der Waals surface area contributed by atoms with Crippen molar-refractivity contribution in [1.82, 2.24) is 24.6 Å². The molecule has 1 N–H and O–H groups in total. The third kappa shape index (κ3) is 5.17. The first-order chi connectivity index (χ1) is 17.3. The topological polar surface area (TPSA) is 87.4 Å². The van der Waals surface area contributed by atoms with Crippen molar-refractivity contribution in [2.24, 2.45) is 11.8 Å². The minimum absolute atomic E-state index is 0.117. The number of carboxylic acid groups (broad SMARTS) is 1. The molecule has 0 aliphatic carbocycles. The molecule has 1 aromatic carbocycles. The van der Waals surface area contributed by atoms with Gasteiger partial charge in [-0.25, -0.2) is 14.6 Å². The van der Waals surface area contributed by atoms with E-state index in [-0.39, 0.29) is 12.5 Å². The quantitative estimate of drug-likeness (QED) is 0.435. The second kappa shape index (κ2) is 10.5. The molecular formula is C26H32Cl2N6O2. The maximum Gasteiger partial charge on any atom is 0.303 e. The number of anilines is 1. The number of aromatic nitrogens is 4. The molecule has 2 saturated heterocycles. The molecule has 0 saturated carbocycles. The molecule has 2 fully saturated rings. The fourth-order valence-corrected chi connectivity index (χ4v) is 6.13. The average Bonchev–Trinajstić information content (AvgIpc) is 3.14. The number of carboxylic acids is 1. The minimum Gasteiger partial charge on any atom is -0.481 e. The van der Waals surface area contributed by atoms with Gasteiger partial charge in [-0.3, -0.25) is 4.79 Å².